The molecule has 0 radical (unpaired) electrons. The number of H-pyrrole nitrogens is 1. The predicted molar refractivity (Wildman–Crippen MR) is 103 cm³/mol. The number of ether oxygens (including phenoxy) is 1. The highest BCUT2D eigenvalue weighted by atomic mass is 16.6. The molecule has 0 unspecified atom stereocenters. The average molecular weight is 375 g/mol. The molecule has 1 N–H and O–H groups in total. The fourth-order valence-corrected chi connectivity index (χ4v) is 2.81. The second kappa shape index (κ2) is 7.11. The van der Waals surface area contributed by atoms with Crippen molar-refractivity contribution in [3.05, 3.63) is 82.1 Å². The summed E-state index contributed by atoms with van der Waals surface area (Å²) in [6.07, 6.45) is -0.769. The summed E-state index contributed by atoms with van der Waals surface area (Å²) < 4.78 is 11.0. The molecule has 0 saturated carbocycles. The number of rotatable bonds is 4. The highest BCUT2D eigenvalue weighted by molar-refractivity contribution is 5.93. The van der Waals surface area contributed by atoms with Crippen molar-refractivity contribution in [1.29, 1.82) is 0 Å². The van der Waals surface area contributed by atoms with E-state index in [9.17, 15) is 9.59 Å². The van der Waals surface area contributed by atoms with Gasteiger partial charge in [-0.2, -0.15) is 0 Å². The first-order chi connectivity index (χ1) is 13.5. The van der Waals surface area contributed by atoms with E-state index in [-0.39, 0.29) is 17.1 Å². The molecule has 0 amide bonds. The standard InChI is InChI=1S/C21H17N3O4/c1-12-7-9-14(10-8-12)20-24-23-19(28-20)13(2)27-21(26)17-11-15-5-3-4-6-16(15)18(25)22-17/h3-11,13H,1-2H3,(H,22,25)/t13-/m0/s1. The van der Waals surface area contributed by atoms with Gasteiger partial charge in [-0.25, -0.2) is 4.79 Å². The molecular weight excluding hydrogens is 358 g/mol. The van der Waals surface area contributed by atoms with E-state index in [1.54, 1.807) is 37.3 Å². The fourth-order valence-electron chi connectivity index (χ4n) is 2.81. The quantitative estimate of drug-likeness (QED) is 0.545. The molecule has 4 aromatic rings. The molecule has 140 valence electrons. The lowest BCUT2D eigenvalue weighted by Gasteiger charge is -2.09. The van der Waals surface area contributed by atoms with E-state index in [1.807, 2.05) is 31.2 Å². The molecule has 0 bridgehead atoms. The van der Waals surface area contributed by atoms with E-state index in [4.69, 9.17) is 9.15 Å². The van der Waals surface area contributed by atoms with Crippen molar-refractivity contribution < 1.29 is 13.9 Å². The highest BCUT2D eigenvalue weighted by Crippen LogP contribution is 2.23. The molecule has 0 aliphatic rings. The van der Waals surface area contributed by atoms with E-state index < -0.39 is 12.1 Å². The maximum atomic E-state index is 12.5. The van der Waals surface area contributed by atoms with Crippen LogP contribution in [-0.2, 0) is 4.74 Å². The normalized spacial score (nSPS) is 12.1. The number of aryl methyl sites for hydroxylation is 1. The molecular formula is C21H17N3O4. The largest absolute Gasteiger partial charge is 0.448 e. The maximum absolute atomic E-state index is 12.5. The van der Waals surface area contributed by atoms with Crippen LogP contribution in [0.15, 0.2) is 63.8 Å². The van der Waals surface area contributed by atoms with Gasteiger partial charge in [-0.1, -0.05) is 35.9 Å². The Kier molecular flexibility index (Phi) is 4.49. The topological polar surface area (TPSA) is 98.1 Å². The van der Waals surface area contributed by atoms with Crippen molar-refractivity contribution in [2.45, 2.75) is 20.0 Å². The SMILES string of the molecule is Cc1ccc(-c2nnc([C@H](C)OC(=O)c3cc4ccccc4c(=O)[nH]3)o2)cc1. The Labute approximate surface area is 160 Å². The minimum Gasteiger partial charge on any atom is -0.448 e. The third kappa shape index (κ3) is 3.42. The zero-order valence-corrected chi connectivity index (χ0v) is 15.3. The number of benzene rings is 2. The zero-order chi connectivity index (χ0) is 19.7. The van der Waals surface area contributed by atoms with Gasteiger partial charge in [0, 0.05) is 10.9 Å². The van der Waals surface area contributed by atoms with E-state index in [0.717, 1.165) is 11.1 Å². The monoisotopic (exact) mass is 375 g/mol. The molecule has 2 heterocycles. The Balaban J connectivity index is 1.54. The Morgan fingerprint density at radius 2 is 1.86 bits per heavy atom. The third-order valence-corrected chi connectivity index (χ3v) is 4.34. The van der Waals surface area contributed by atoms with Crippen LogP contribution >= 0.6 is 0 Å². The molecule has 0 aliphatic heterocycles. The zero-order valence-electron chi connectivity index (χ0n) is 15.3. The molecule has 4 rings (SSSR count). The van der Waals surface area contributed by atoms with Gasteiger partial charge in [0.1, 0.15) is 5.69 Å². The highest BCUT2D eigenvalue weighted by Gasteiger charge is 2.21. The molecule has 0 spiro atoms. The first-order valence-corrected chi connectivity index (χ1v) is 8.75. The van der Waals surface area contributed by atoms with E-state index in [1.165, 1.54) is 0 Å². The second-order valence-corrected chi connectivity index (χ2v) is 6.46. The minimum absolute atomic E-state index is 0.0637. The van der Waals surface area contributed by atoms with Gasteiger partial charge < -0.3 is 14.1 Å². The molecule has 0 saturated heterocycles. The van der Waals surface area contributed by atoms with Gasteiger partial charge in [-0.3, -0.25) is 4.79 Å². The number of nitrogens with zero attached hydrogens (tertiary/aromatic N) is 2. The smallest absolute Gasteiger partial charge is 0.355 e. The van der Waals surface area contributed by atoms with Crippen molar-refractivity contribution in [2.24, 2.45) is 0 Å². The summed E-state index contributed by atoms with van der Waals surface area (Å²) in [6, 6.07) is 16.2. The molecule has 2 aromatic carbocycles. The summed E-state index contributed by atoms with van der Waals surface area (Å²) >= 11 is 0. The van der Waals surface area contributed by atoms with Crippen molar-refractivity contribution >= 4 is 16.7 Å². The predicted octanol–water partition coefficient (Wildman–Crippen LogP) is 3.80. The number of aromatic amines is 1. The summed E-state index contributed by atoms with van der Waals surface area (Å²) in [5.74, 6) is -0.158. The van der Waals surface area contributed by atoms with Crippen LogP contribution in [0.3, 0.4) is 0 Å². The summed E-state index contributed by atoms with van der Waals surface area (Å²) in [7, 11) is 0. The van der Waals surface area contributed by atoms with Crippen LogP contribution < -0.4 is 5.56 Å². The lowest BCUT2D eigenvalue weighted by Crippen LogP contribution is -2.16. The third-order valence-electron chi connectivity index (χ3n) is 4.34. The van der Waals surface area contributed by atoms with Gasteiger partial charge in [0.25, 0.3) is 11.4 Å². The molecule has 2 aromatic heterocycles. The molecule has 28 heavy (non-hydrogen) atoms. The van der Waals surface area contributed by atoms with Crippen LogP contribution in [0.5, 0.6) is 0 Å². The lowest BCUT2D eigenvalue weighted by atomic mass is 10.1. The summed E-state index contributed by atoms with van der Waals surface area (Å²) in [5.41, 5.74) is 1.61. The van der Waals surface area contributed by atoms with Gasteiger partial charge in [-0.15, -0.1) is 10.2 Å². The number of nitrogens with one attached hydrogen (secondary N) is 1. The van der Waals surface area contributed by atoms with Crippen LogP contribution in [0, 0.1) is 6.92 Å². The number of pyridine rings is 1. The van der Waals surface area contributed by atoms with Crippen LogP contribution in [0.4, 0.5) is 0 Å². The number of aromatic nitrogens is 3. The summed E-state index contributed by atoms with van der Waals surface area (Å²) in [4.78, 5) is 27.1. The van der Waals surface area contributed by atoms with Crippen LogP contribution in [0.1, 0.15) is 35.0 Å². The number of hydrogen-bond donors (Lipinski definition) is 1. The van der Waals surface area contributed by atoms with Crippen molar-refractivity contribution in [3.63, 3.8) is 0 Å². The van der Waals surface area contributed by atoms with Crippen molar-refractivity contribution in [2.75, 3.05) is 0 Å². The van der Waals surface area contributed by atoms with Gasteiger partial charge >= 0.3 is 5.97 Å². The first kappa shape index (κ1) is 17.7. The Bertz CT molecular complexity index is 1210. The Morgan fingerprint density at radius 1 is 1.11 bits per heavy atom. The second-order valence-electron chi connectivity index (χ2n) is 6.46. The van der Waals surface area contributed by atoms with E-state index >= 15 is 0 Å². The molecule has 7 heteroatoms. The molecule has 0 aliphatic carbocycles. The average Bonchev–Trinajstić information content (AvgIpc) is 3.19. The van der Waals surface area contributed by atoms with Gasteiger partial charge in [0.15, 0.2) is 6.10 Å². The summed E-state index contributed by atoms with van der Waals surface area (Å²) in [6.45, 7) is 3.62. The van der Waals surface area contributed by atoms with Crippen LogP contribution in [0.25, 0.3) is 22.2 Å². The molecule has 7 nitrogen and oxygen atoms in total. The minimum atomic E-state index is -0.769. The number of hydrogen-bond acceptors (Lipinski definition) is 6. The Morgan fingerprint density at radius 3 is 2.64 bits per heavy atom. The van der Waals surface area contributed by atoms with Crippen molar-refractivity contribution in [3.8, 4) is 11.5 Å². The number of carbonyl (C=O) groups excluding carboxylic acids is 1. The number of esters is 1. The fraction of sp³-hybridized carbons (Fsp3) is 0.143. The van der Waals surface area contributed by atoms with Crippen LogP contribution in [0.2, 0.25) is 0 Å². The molecule has 0 fully saturated rings. The number of carbonyl (C=O) groups is 1. The Hall–Kier alpha value is -3.74. The van der Waals surface area contributed by atoms with Crippen LogP contribution in [-0.4, -0.2) is 21.2 Å². The molecule has 1 atom stereocenters. The van der Waals surface area contributed by atoms with E-state index in [2.05, 4.69) is 15.2 Å². The van der Waals surface area contributed by atoms with E-state index in [0.29, 0.717) is 16.7 Å². The maximum Gasteiger partial charge on any atom is 0.355 e. The first-order valence-electron chi connectivity index (χ1n) is 8.75. The lowest BCUT2D eigenvalue weighted by molar-refractivity contribution is 0.0273. The van der Waals surface area contributed by atoms with Gasteiger partial charge in [-0.05, 0) is 43.5 Å². The van der Waals surface area contributed by atoms with Gasteiger partial charge in [0.05, 0.1) is 0 Å². The van der Waals surface area contributed by atoms with Crippen molar-refractivity contribution in [1.82, 2.24) is 15.2 Å². The number of fused-ring (bicyclic) bond motifs is 1. The van der Waals surface area contributed by atoms with Gasteiger partial charge in [0.2, 0.25) is 5.89 Å². The summed E-state index contributed by atoms with van der Waals surface area (Å²) in [5, 5.41) is 9.13.